The van der Waals surface area contributed by atoms with Gasteiger partial charge in [0.25, 0.3) is 17.9 Å². The molecular formula is C17H14ClF4N5O3. The molecule has 3 N–H and O–H groups in total. The van der Waals surface area contributed by atoms with Crippen molar-refractivity contribution < 1.29 is 31.8 Å². The Morgan fingerprint density at radius 1 is 1.43 bits per heavy atom. The molecule has 0 bridgehead atoms. The number of amides is 1. The number of halogens is 5. The number of nitrogens with one attached hydrogen (secondary N) is 1. The van der Waals surface area contributed by atoms with Crippen LogP contribution in [0.2, 0.25) is 5.02 Å². The summed E-state index contributed by atoms with van der Waals surface area (Å²) < 4.78 is 63.3. The highest BCUT2D eigenvalue weighted by atomic mass is 35.5. The van der Waals surface area contributed by atoms with E-state index >= 15 is 0 Å². The molecule has 1 aliphatic rings. The zero-order chi connectivity index (χ0) is 21.9. The van der Waals surface area contributed by atoms with E-state index in [1.165, 1.54) is 6.07 Å². The molecule has 1 atom stereocenters. The first-order valence-electron chi connectivity index (χ1n) is 8.34. The van der Waals surface area contributed by atoms with Crippen LogP contribution in [0.5, 0.6) is 5.75 Å². The summed E-state index contributed by atoms with van der Waals surface area (Å²) in [5.41, 5.74) is 4.70. The number of amidine groups is 1. The molecule has 2 aromatic heterocycles. The second-order valence-electron chi connectivity index (χ2n) is 6.10. The molecule has 3 heterocycles. The maximum atomic E-state index is 14.3. The Morgan fingerprint density at radius 3 is 2.90 bits per heavy atom. The van der Waals surface area contributed by atoms with Crippen molar-refractivity contribution >= 4 is 29.3 Å². The van der Waals surface area contributed by atoms with Gasteiger partial charge < -0.3 is 20.5 Å². The molecule has 8 nitrogen and oxygen atoms in total. The maximum absolute atomic E-state index is 14.3. The van der Waals surface area contributed by atoms with E-state index in [4.69, 9.17) is 17.3 Å². The zero-order valence-electron chi connectivity index (χ0n) is 15.0. The normalized spacial score (nSPS) is 18.0. The van der Waals surface area contributed by atoms with Gasteiger partial charge in [0.15, 0.2) is 6.61 Å². The summed E-state index contributed by atoms with van der Waals surface area (Å²) in [5.74, 6) is -5.22. The molecule has 1 amide bonds. The fourth-order valence-corrected chi connectivity index (χ4v) is 2.82. The van der Waals surface area contributed by atoms with Gasteiger partial charge in [-0.05, 0) is 12.1 Å². The van der Waals surface area contributed by atoms with Crippen LogP contribution in [-0.2, 0) is 4.74 Å². The van der Waals surface area contributed by atoms with Crippen LogP contribution in [0.15, 0.2) is 29.4 Å². The summed E-state index contributed by atoms with van der Waals surface area (Å²) in [5, 5.41) is 2.19. The highest BCUT2D eigenvalue weighted by molar-refractivity contribution is 6.34. The molecule has 0 radical (unpaired) electrons. The minimum absolute atomic E-state index is 0.00760. The Kier molecular flexibility index (Phi) is 6.25. The molecule has 3 rings (SSSR count). The largest absolute Gasteiger partial charge is 0.461 e. The Balaban J connectivity index is 1.85. The van der Waals surface area contributed by atoms with E-state index in [9.17, 15) is 22.4 Å². The molecule has 0 aromatic carbocycles. The van der Waals surface area contributed by atoms with E-state index < -0.39 is 55.3 Å². The van der Waals surface area contributed by atoms with E-state index in [0.29, 0.717) is 0 Å². The number of nitrogens with two attached hydrogens (primary N) is 1. The van der Waals surface area contributed by atoms with Gasteiger partial charge in [-0.3, -0.25) is 4.79 Å². The molecule has 2 aromatic rings. The predicted octanol–water partition coefficient (Wildman–Crippen LogP) is 3.24. The molecular weight excluding hydrogens is 434 g/mol. The highest BCUT2D eigenvalue weighted by Gasteiger charge is 2.38. The van der Waals surface area contributed by atoms with E-state index in [-0.39, 0.29) is 22.3 Å². The Morgan fingerprint density at radius 2 is 2.20 bits per heavy atom. The fraction of sp³-hybridized carbons (Fsp3) is 0.294. The van der Waals surface area contributed by atoms with E-state index in [0.717, 1.165) is 18.3 Å². The van der Waals surface area contributed by atoms with Crippen LogP contribution in [0.1, 0.15) is 28.6 Å². The molecule has 0 aliphatic carbocycles. The minimum atomic E-state index is -3.32. The Bertz CT molecular complexity index is 992. The zero-order valence-corrected chi connectivity index (χ0v) is 15.8. The van der Waals surface area contributed by atoms with Crippen molar-refractivity contribution in [2.75, 3.05) is 18.8 Å². The van der Waals surface area contributed by atoms with Crippen LogP contribution in [0, 0.1) is 5.82 Å². The molecule has 1 unspecified atom stereocenters. The van der Waals surface area contributed by atoms with Crippen molar-refractivity contribution in [3.63, 3.8) is 0 Å². The van der Waals surface area contributed by atoms with Gasteiger partial charge in [-0.15, -0.1) is 0 Å². The third-order valence-electron chi connectivity index (χ3n) is 3.89. The van der Waals surface area contributed by atoms with Crippen LogP contribution >= 0.6 is 11.6 Å². The van der Waals surface area contributed by atoms with Crippen molar-refractivity contribution in [2.45, 2.75) is 18.4 Å². The lowest BCUT2D eigenvalue weighted by molar-refractivity contribution is -0.0511. The first kappa shape index (κ1) is 21.6. The number of pyridine rings is 2. The first-order chi connectivity index (χ1) is 14.2. The van der Waals surface area contributed by atoms with Gasteiger partial charge in [0.2, 0.25) is 6.86 Å². The van der Waals surface area contributed by atoms with E-state index in [1.807, 2.05) is 0 Å². The van der Waals surface area contributed by atoms with Crippen LogP contribution < -0.4 is 15.8 Å². The summed E-state index contributed by atoms with van der Waals surface area (Å²) in [6.07, 6.45) is 0.188. The Hall–Kier alpha value is -3.15. The maximum Gasteiger partial charge on any atom is 0.283 e. The standard InChI is InChI=1S/C17H14ClF4N5O3/c18-9-3-8(30-7-19)5-24-13(9)15(28)27-12-2-1-10(20)14(26-12)11-4-17(21,22)6-29-16(23)25-11/h1-3,5,11H,4,6-7H2,(H2,23,25)(H,26,27,28). The number of carbonyl (C=O) groups excluding carboxylic acids is 1. The Labute approximate surface area is 172 Å². The predicted molar refractivity (Wildman–Crippen MR) is 97.9 cm³/mol. The minimum Gasteiger partial charge on any atom is -0.461 e. The quantitative estimate of drug-likeness (QED) is 0.681. The molecule has 0 spiro atoms. The second kappa shape index (κ2) is 8.69. The molecule has 1 aliphatic heterocycles. The van der Waals surface area contributed by atoms with Gasteiger partial charge >= 0.3 is 0 Å². The number of aromatic nitrogens is 2. The molecule has 0 saturated heterocycles. The third kappa shape index (κ3) is 5.06. The van der Waals surface area contributed by atoms with E-state index in [2.05, 4.69) is 29.8 Å². The summed E-state index contributed by atoms with van der Waals surface area (Å²) >= 11 is 5.93. The van der Waals surface area contributed by atoms with Gasteiger partial charge in [-0.1, -0.05) is 11.6 Å². The number of nitrogens with zero attached hydrogens (tertiary/aromatic N) is 3. The smallest absolute Gasteiger partial charge is 0.283 e. The monoisotopic (exact) mass is 447 g/mol. The number of alkyl halides is 3. The van der Waals surface area contributed by atoms with Crippen molar-refractivity contribution in [1.82, 2.24) is 9.97 Å². The average molecular weight is 448 g/mol. The number of aliphatic imine (C=N–C) groups is 1. The van der Waals surface area contributed by atoms with Crippen LogP contribution in [-0.4, -0.2) is 41.3 Å². The summed E-state index contributed by atoms with van der Waals surface area (Å²) in [7, 11) is 0. The number of rotatable bonds is 5. The number of hydrogen-bond acceptors (Lipinski definition) is 7. The SMILES string of the molecule is NC1=NC(c2nc(NC(=O)c3ncc(OCF)cc3Cl)ccc2F)CC(F)(F)CO1. The average Bonchev–Trinajstić information content (AvgIpc) is 2.81. The highest BCUT2D eigenvalue weighted by Crippen LogP contribution is 2.34. The van der Waals surface area contributed by atoms with Crippen molar-refractivity contribution in [1.29, 1.82) is 0 Å². The van der Waals surface area contributed by atoms with Crippen molar-refractivity contribution in [3.05, 3.63) is 46.6 Å². The number of anilines is 1. The number of carbonyl (C=O) groups is 1. The van der Waals surface area contributed by atoms with Gasteiger partial charge in [0, 0.05) is 12.5 Å². The molecule has 160 valence electrons. The lowest BCUT2D eigenvalue weighted by atomic mass is 10.1. The van der Waals surface area contributed by atoms with Gasteiger partial charge in [0.1, 0.15) is 34.8 Å². The number of hydrogen-bond donors (Lipinski definition) is 2. The third-order valence-corrected chi connectivity index (χ3v) is 4.18. The molecule has 0 saturated carbocycles. The fourth-order valence-electron chi connectivity index (χ4n) is 2.58. The summed E-state index contributed by atoms with van der Waals surface area (Å²) in [6, 6.07) is 1.26. The van der Waals surface area contributed by atoms with E-state index in [1.54, 1.807) is 0 Å². The van der Waals surface area contributed by atoms with Gasteiger partial charge in [-0.2, -0.15) is 0 Å². The number of ether oxygens (including phenoxy) is 2. The second-order valence-corrected chi connectivity index (χ2v) is 6.51. The molecule has 0 fully saturated rings. The lowest BCUT2D eigenvalue weighted by Gasteiger charge is -2.17. The summed E-state index contributed by atoms with van der Waals surface area (Å²) in [6.45, 7) is -2.10. The van der Waals surface area contributed by atoms with Gasteiger partial charge in [0.05, 0.1) is 11.2 Å². The molecule has 30 heavy (non-hydrogen) atoms. The summed E-state index contributed by atoms with van der Waals surface area (Å²) in [4.78, 5) is 23.8. The van der Waals surface area contributed by atoms with Crippen molar-refractivity contribution in [3.8, 4) is 5.75 Å². The first-order valence-corrected chi connectivity index (χ1v) is 8.72. The van der Waals surface area contributed by atoms with Gasteiger partial charge in [-0.25, -0.2) is 32.5 Å². The molecule has 13 heteroatoms. The lowest BCUT2D eigenvalue weighted by Crippen LogP contribution is -2.26. The van der Waals surface area contributed by atoms with Crippen LogP contribution in [0.4, 0.5) is 23.4 Å². The van der Waals surface area contributed by atoms with Crippen LogP contribution in [0.25, 0.3) is 0 Å². The van der Waals surface area contributed by atoms with Crippen LogP contribution in [0.3, 0.4) is 0 Å². The van der Waals surface area contributed by atoms with Crippen molar-refractivity contribution in [2.24, 2.45) is 10.7 Å². The topological polar surface area (TPSA) is 112 Å².